The average Bonchev–Trinajstić information content (AvgIpc) is 2.41. The Kier molecular flexibility index (Phi) is 6.02. The summed E-state index contributed by atoms with van der Waals surface area (Å²) in [5, 5.41) is 3.69. The minimum absolute atomic E-state index is 0.502. The first-order valence-corrected chi connectivity index (χ1v) is 8.26. The Bertz CT molecular complexity index is 424. The van der Waals surface area contributed by atoms with Gasteiger partial charge in [-0.2, -0.15) is 0 Å². The summed E-state index contributed by atoms with van der Waals surface area (Å²) in [5.41, 5.74) is 1.40. The van der Waals surface area contributed by atoms with Crippen LogP contribution in [0.15, 0.2) is 28.7 Å². The Morgan fingerprint density at radius 3 is 2.85 bits per heavy atom. The van der Waals surface area contributed by atoms with Crippen LogP contribution in [0.2, 0.25) is 0 Å². The third kappa shape index (κ3) is 4.29. The van der Waals surface area contributed by atoms with Crippen LogP contribution in [-0.4, -0.2) is 62.2 Å². The fraction of sp³-hybridized carbons (Fsp3) is 0.625. The van der Waals surface area contributed by atoms with Gasteiger partial charge in [0.05, 0.1) is 0 Å². The van der Waals surface area contributed by atoms with Gasteiger partial charge in [-0.1, -0.05) is 35.0 Å². The van der Waals surface area contributed by atoms with Crippen LogP contribution in [0.4, 0.5) is 0 Å². The lowest BCUT2D eigenvalue weighted by molar-refractivity contribution is 0.0881. The van der Waals surface area contributed by atoms with E-state index in [1.54, 1.807) is 0 Å². The SMILES string of the molecule is CCNC(Cc1cccc(Br)c1)C1CN(C)CCN1C. The number of rotatable bonds is 5. The summed E-state index contributed by atoms with van der Waals surface area (Å²) in [6.45, 7) is 6.68. The molecule has 1 heterocycles. The Morgan fingerprint density at radius 1 is 1.35 bits per heavy atom. The molecule has 0 amide bonds. The van der Waals surface area contributed by atoms with Crippen LogP contribution in [0.3, 0.4) is 0 Å². The molecule has 1 aliphatic rings. The number of nitrogens with one attached hydrogen (secondary N) is 1. The van der Waals surface area contributed by atoms with Gasteiger partial charge >= 0.3 is 0 Å². The van der Waals surface area contributed by atoms with Crippen LogP contribution in [0.5, 0.6) is 0 Å². The number of hydrogen-bond donors (Lipinski definition) is 1. The lowest BCUT2D eigenvalue weighted by Crippen LogP contribution is -2.59. The van der Waals surface area contributed by atoms with E-state index in [-0.39, 0.29) is 0 Å². The Hall–Kier alpha value is -0.420. The van der Waals surface area contributed by atoms with Crippen LogP contribution in [0.1, 0.15) is 12.5 Å². The van der Waals surface area contributed by atoms with E-state index in [9.17, 15) is 0 Å². The number of nitrogens with zero attached hydrogens (tertiary/aromatic N) is 2. The molecule has 0 saturated carbocycles. The summed E-state index contributed by atoms with van der Waals surface area (Å²) in [4.78, 5) is 4.95. The molecule has 1 saturated heterocycles. The zero-order valence-corrected chi connectivity index (χ0v) is 14.4. The van der Waals surface area contributed by atoms with Gasteiger partial charge in [0.25, 0.3) is 0 Å². The molecule has 2 rings (SSSR count). The van der Waals surface area contributed by atoms with E-state index in [4.69, 9.17) is 0 Å². The lowest BCUT2D eigenvalue weighted by Gasteiger charge is -2.42. The van der Waals surface area contributed by atoms with Gasteiger partial charge in [0.15, 0.2) is 0 Å². The largest absolute Gasteiger partial charge is 0.312 e. The zero-order chi connectivity index (χ0) is 14.5. The number of hydrogen-bond acceptors (Lipinski definition) is 3. The van der Waals surface area contributed by atoms with Gasteiger partial charge in [-0.25, -0.2) is 0 Å². The molecule has 1 fully saturated rings. The van der Waals surface area contributed by atoms with Crippen LogP contribution in [0.25, 0.3) is 0 Å². The molecular weight excluding hydrogens is 314 g/mol. The van der Waals surface area contributed by atoms with E-state index in [1.165, 1.54) is 16.6 Å². The molecule has 1 aliphatic heterocycles. The third-order valence-corrected chi connectivity index (χ3v) is 4.67. The number of halogens is 1. The molecule has 2 atom stereocenters. The molecular formula is C16H26BrN3. The predicted molar refractivity (Wildman–Crippen MR) is 89.2 cm³/mol. The van der Waals surface area contributed by atoms with E-state index < -0.39 is 0 Å². The number of likely N-dealkylation sites (N-methyl/N-ethyl adjacent to an activating group) is 3. The molecule has 112 valence electrons. The smallest absolute Gasteiger partial charge is 0.0377 e. The van der Waals surface area contributed by atoms with Crippen molar-refractivity contribution in [2.24, 2.45) is 0 Å². The molecule has 0 bridgehead atoms. The van der Waals surface area contributed by atoms with E-state index in [0.29, 0.717) is 12.1 Å². The van der Waals surface area contributed by atoms with Gasteiger partial charge < -0.3 is 10.2 Å². The minimum Gasteiger partial charge on any atom is -0.312 e. The fourth-order valence-electron chi connectivity index (χ4n) is 3.00. The molecule has 0 aromatic heterocycles. The molecule has 0 spiro atoms. The van der Waals surface area contributed by atoms with Crippen molar-refractivity contribution in [1.82, 2.24) is 15.1 Å². The van der Waals surface area contributed by atoms with E-state index >= 15 is 0 Å². The standard InChI is InChI=1S/C16H26BrN3/c1-4-18-15(11-13-6-5-7-14(17)10-13)16-12-19(2)8-9-20(16)3/h5-7,10,15-16,18H,4,8-9,11-12H2,1-3H3. The molecule has 1 N–H and O–H groups in total. The first-order chi connectivity index (χ1) is 9.60. The summed E-state index contributed by atoms with van der Waals surface area (Å²) in [6.07, 6.45) is 1.08. The van der Waals surface area contributed by atoms with Crippen molar-refractivity contribution in [1.29, 1.82) is 0 Å². The van der Waals surface area contributed by atoms with Crippen molar-refractivity contribution in [2.75, 3.05) is 40.3 Å². The van der Waals surface area contributed by atoms with E-state index in [0.717, 1.165) is 26.1 Å². The summed E-state index contributed by atoms with van der Waals surface area (Å²) in [7, 11) is 4.48. The quantitative estimate of drug-likeness (QED) is 0.887. The molecule has 4 heteroatoms. The van der Waals surface area contributed by atoms with Gasteiger partial charge in [0, 0.05) is 36.2 Å². The maximum atomic E-state index is 3.69. The highest BCUT2D eigenvalue weighted by Gasteiger charge is 2.29. The van der Waals surface area contributed by atoms with Gasteiger partial charge in [0.2, 0.25) is 0 Å². The maximum Gasteiger partial charge on any atom is 0.0377 e. The van der Waals surface area contributed by atoms with Gasteiger partial charge in [-0.15, -0.1) is 0 Å². The summed E-state index contributed by atoms with van der Waals surface area (Å²) in [5.74, 6) is 0. The Labute approximate surface area is 131 Å². The molecule has 1 aromatic carbocycles. The van der Waals surface area contributed by atoms with Crippen LogP contribution in [0, 0.1) is 0 Å². The molecule has 20 heavy (non-hydrogen) atoms. The first kappa shape index (κ1) is 16.0. The van der Waals surface area contributed by atoms with Crippen LogP contribution < -0.4 is 5.32 Å². The topological polar surface area (TPSA) is 18.5 Å². The number of piperazine rings is 1. The van der Waals surface area contributed by atoms with Crippen molar-refractivity contribution in [3.05, 3.63) is 34.3 Å². The second-order valence-corrected chi connectivity index (χ2v) is 6.72. The van der Waals surface area contributed by atoms with Crippen molar-refractivity contribution >= 4 is 15.9 Å². The molecule has 0 aliphatic carbocycles. The molecule has 3 nitrogen and oxygen atoms in total. The van der Waals surface area contributed by atoms with E-state index in [1.807, 2.05) is 0 Å². The highest BCUT2D eigenvalue weighted by atomic mass is 79.9. The van der Waals surface area contributed by atoms with Crippen LogP contribution in [-0.2, 0) is 6.42 Å². The van der Waals surface area contributed by atoms with Crippen molar-refractivity contribution < 1.29 is 0 Å². The average molecular weight is 340 g/mol. The normalized spacial score (nSPS) is 22.9. The Morgan fingerprint density at radius 2 is 2.15 bits per heavy atom. The summed E-state index contributed by atoms with van der Waals surface area (Å²) in [6, 6.07) is 9.75. The Balaban J connectivity index is 2.09. The van der Waals surface area contributed by atoms with Crippen molar-refractivity contribution in [3.8, 4) is 0 Å². The highest BCUT2D eigenvalue weighted by molar-refractivity contribution is 9.10. The summed E-state index contributed by atoms with van der Waals surface area (Å²) < 4.78 is 1.17. The number of benzene rings is 1. The van der Waals surface area contributed by atoms with E-state index in [2.05, 4.69) is 76.3 Å². The second kappa shape index (κ2) is 7.55. The minimum atomic E-state index is 0.502. The maximum absolute atomic E-state index is 3.69. The van der Waals surface area contributed by atoms with Crippen LogP contribution >= 0.6 is 15.9 Å². The lowest BCUT2D eigenvalue weighted by atomic mass is 9.96. The van der Waals surface area contributed by atoms with Gasteiger partial charge in [-0.3, -0.25) is 4.90 Å². The summed E-state index contributed by atoms with van der Waals surface area (Å²) >= 11 is 3.57. The third-order valence-electron chi connectivity index (χ3n) is 4.17. The molecule has 0 radical (unpaired) electrons. The predicted octanol–water partition coefficient (Wildman–Crippen LogP) is 2.22. The molecule has 2 unspecified atom stereocenters. The van der Waals surface area contributed by atoms with Gasteiger partial charge in [-0.05, 0) is 44.8 Å². The fourth-order valence-corrected chi connectivity index (χ4v) is 3.45. The first-order valence-electron chi connectivity index (χ1n) is 7.46. The van der Waals surface area contributed by atoms with Crippen molar-refractivity contribution in [2.45, 2.75) is 25.4 Å². The molecule has 1 aromatic rings. The zero-order valence-electron chi connectivity index (χ0n) is 12.8. The van der Waals surface area contributed by atoms with Crippen molar-refractivity contribution in [3.63, 3.8) is 0 Å². The second-order valence-electron chi connectivity index (χ2n) is 5.81. The monoisotopic (exact) mass is 339 g/mol. The highest BCUT2D eigenvalue weighted by Crippen LogP contribution is 2.17. The van der Waals surface area contributed by atoms with Gasteiger partial charge in [0.1, 0.15) is 0 Å².